The van der Waals surface area contributed by atoms with Crippen LogP contribution in [0.3, 0.4) is 0 Å². The Morgan fingerprint density at radius 2 is 2.33 bits per heavy atom. The van der Waals surface area contributed by atoms with Gasteiger partial charge in [-0.2, -0.15) is 0 Å². The Morgan fingerprint density at radius 3 is 3.06 bits per heavy atom. The topological polar surface area (TPSA) is 34.1 Å². The second kappa shape index (κ2) is 9.03. The molecule has 0 saturated heterocycles. The average molecular weight is 271 g/mol. The lowest BCUT2D eigenvalue weighted by Crippen LogP contribution is -2.08. The van der Waals surface area contributed by atoms with Gasteiger partial charge in [-0.1, -0.05) is 13.8 Å². The summed E-state index contributed by atoms with van der Waals surface area (Å²) in [5.74, 6) is 2.98. The zero-order chi connectivity index (χ0) is 13.2. The zero-order valence-corrected chi connectivity index (χ0v) is 12.0. The van der Waals surface area contributed by atoms with Crippen molar-refractivity contribution in [2.24, 2.45) is 5.92 Å². The molecule has 1 N–H and O–H groups in total. The van der Waals surface area contributed by atoms with Crippen LogP contribution in [0.5, 0.6) is 5.75 Å². The predicted molar refractivity (Wildman–Crippen MR) is 77.6 cm³/mol. The molecule has 4 heteroatoms. The van der Waals surface area contributed by atoms with Crippen LogP contribution in [0.2, 0.25) is 0 Å². The van der Waals surface area contributed by atoms with E-state index in [2.05, 4.69) is 24.1 Å². The first-order valence-electron chi connectivity index (χ1n) is 6.65. The highest BCUT2D eigenvalue weighted by Gasteiger charge is 2.04. The van der Waals surface area contributed by atoms with Crippen LogP contribution in [0.15, 0.2) is 18.3 Å². The van der Waals surface area contributed by atoms with E-state index in [1.165, 1.54) is 0 Å². The monoisotopic (exact) mass is 270 g/mol. The standard InChI is InChI=1S/C14H23ClN2O/c1-3-10-18-13-7-5-9-17-14(13)16-8-4-6-12(2)11-15/h5,7,9,12H,3-4,6,8,10-11H2,1-2H3,(H,16,17). The van der Waals surface area contributed by atoms with E-state index in [0.717, 1.165) is 49.9 Å². The van der Waals surface area contributed by atoms with E-state index >= 15 is 0 Å². The number of nitrogens with zero attached hydrogens (tertiary/aromatic N) is 1. The van der Waals surface area contributed by atoms with Gasteiger partial charge in [-0.3, -0.25) is 0 Å². The third-order valence-corrected chi connectivity index (χ3v) is 3.19. The van der Waals surface area contributed by atoms with Gasteiger partial charge in [-0.25, -0.2) is 4.98 Å². The third-order valence-electron chi connectivity index (χ3n) is 2.66. The summed E-state index contributed by atoms with van der Waals surface area (Å²) in [5, 5.41) is 3.32. The van der Waals surface area contributed by atoms with Crippen molar-refractivity contribution in [1.29, 1.82) is 0 Å². The highest BCUT2D eigenvalue weighted by molar-refractivity contribution is 6.18. The fourth-order valence-electron chi connectivity index (χ4n) is 1.59. The molecule has 0 amide bonds. The first kappa shape index (κ1) is 15.1. The molecule has 0 aliphatic rings. The number of hydrogen-bond donors (Lipinski definition) is 1. The first-order valence-corrected chi connectivity index (χ1v) is 7.19. The molecular formula is C14H23ClN2O. The maximum Gasteiger partial charge on any atom is 0.168 e. The molecule has 18 heavy (non-hydrogen) atoms. The molecule has 0 saturated carbocycles. The molecule has 1 aromatic rings. The van der Waals surface area contributed by atoms with Gasteiger partial charge in [0.1, 0.15) is 0 Å². The maximum atomic E-state index is 5.78. The summed E-state index contributed by atoms with van der Waals surface area (Å²) < 4.78 is 5.64. The molecule has 1 unspecified atom stereocenters. The number of anilines is 1. The minimum Gasteiger partial charge on any atom is -0.490 e. The summed E-state index contributed by atoms with van der Waals surface area (Å²) in [6, 6.07) is 3.85. The molecular weight excluding hydrogens is 248 g/mol. The Balaban J connectivity index is 2.36. The van der Waals surface area contributed by atoms with Crippen molar-refractivity contribution >= 4 is 17.4 Å². The van der Waals surface area contributed by atoms with E-state index in [4.69, 9.17) is 16.3 Å². The van der Waals surface area contributed by atoms with E-state index in [9.17, 15) is 0 Å². The largest absolute Gasteiger partial charge is 0.490 e. The van der Waals surface area contributed by atoms with Crippen LogP contribution in [-0.2, 0) is 0 Å². The van der Waals surface area contributed by atoms with Crippen LogP contribution in [0.4, 0.5) is 5.82 Å². The first-order chi connectivity index (χ1) is 8.77. The van der Waals surface area contributed by atoms with Crippen molar-refractivity contribution in [2.45, 2.75) is 33.1 Å². The second-order valence-electron chi connectivity index (χ2n) is 4.53. The van der Waals surface area contributed by atoms with E-state index in [1.807, 2.05) is 12.1 Å². The van der Waals surface area contributed by atoms with Gasteiger partial charge in [0.05, 0.1) is 6.61 Å². The lowest BCUT2D eigenvalue weighted by molar-refractivity contribution is 0.317. The number of halogens is 1. The van der Waals surface area contributed by atoms with Crippen molar-refractivity contribution in [3.63, 3.8) is 0 Å². The minimum absolute atomic E-state index is 0.577. The summed E-state index contributed by atoms with van der Waals surface area (Å²) in [7, 11) is 0. The van der Waals surface area contributed by atoms with Gasteiger partial charge in [0, 0.05) is 18.6 Å². The average Bonchev–Trinajstić information content (AvgIpc) is 2.42. The smallest absolute Gasteiger partial charge is 0.168 e. The van der Waals surface area contributed by atoms with Crippen LogP contribution in [0, 0.1) is 5.92 Å². The number of ether oxygens (including phenoxy) is 1. The summed E-state index contributed by atoms with van der Waals surface area (Å²) in [6.45, 7) is 5.89. The molecule has 3 nitrogen and oxygen atoms in total. The summed E-state index contributed by atoms with van der Waals surface area (Å²) in [5.41, 5.74) is 0. The highest BCUT2D eigenvalue weighted by Crippen LogP contribution is 2.21. The lowest BCUT2D eigenvalue weighted by atomic mass is 10.1. The number of aromatic nitrogens is 1. The zero-order valence-electron chi connectivity index (χ0n) is 11.3. The normalized spacial score (nSPS) is 12.2. The molecule has 0 radical (unpaired) electrons. The fourth-order valence-corrected chi connectivity index (χ4v) is 1.74. The van der Waals surface area contributed by atoms with E-state index < -0.39 is 0 Å². The SMILES string of the molecule is CCCOc1cccnc1NCCCC(C)CCl. The quantitative estimate of drug-likeness (QED) is 0.545. The number of pyridine rings is 1. The van der Waals surface area contributed by atoms with Gasteiger partial charge in [0.2, 0.25) is 0 Å². The fraction of sp³-hybridized carbons (Fsp3) is 0.643. The van der Waals surface area contributed by atoms with Crippen molar-refractivity contribution in [3.8, 4) is 5.75 Å². The van der Waals surface area contributed by atoms with Crippen LogP contribution in [0.1, 0.15) is 33.1 Å². The molecule has 0 aromatic carbocycles. The van der Waals surface area contributed by atoms with E-state index in [0.29, 0.717) is 5.92 Å². The Labute approximate surface area is 115 Å². The van der Waals surface area contributed by atoms with Gasteiger partial charge in [-0.05, 0) is 37.3 Å². The Morgan fingerprint density at radius 1 is 1.50 bits per heavy atom. The van der Waals surface area contributed by atoms with Gasteiger partial charge in [-0.15, -0.1) is 11.6 Å². The molecule has 1 heterocycles. The van der Waals surface area contributed by atoms with Crippen LogP contribution >= 0.6 is 11.6 Å². The lowest BCUT2D eigenvalue weighted by Gasteiger charge is -2.12. The predicted octanol–water partition coefficient (Wildman–Crippen LogP) is 3.94. The molecule has 1 atom stereocenters. The van der Waals surface area contributed by atoms with Crippen LogP contribution in [-0.4, -0.2) is 24.0 Å². The molecule has 1 rings (SSSR count). The number of nitrogens with one attached hydrogen (secondary N) is 1. The van der Waals surface area contributed by atoms with Gasteiger partial charge >= 0.3 is 0 Å². The summed E-state index contributed by atoms with van der Waals surface area (Å²) in [4.78, 5) is 4.31. The van der Waals surface area contributed by atoms with E-state index in [1.54, 1.807) is 6.20 Å². The van der Waals surface area contributed by atoms with Crippen molar-refractivity contribution in [2.75, 3.05) is 24.3 Å². The van der Waals surface area contributed by atoms with Crippen LogP contribution in [0.25, 0.3) is 0 Å². The molecule has 102 valence electrons. The number of hydrogen-bond acceptors (Lipinski definition) is 3. The second-order valence-corrected chi connectivity index (χ2v) is 4.84. The maximum absolute atomic E-state index is 5.78. The van der Waals surface area contributed by atoms with Crippen LogP contribution < -0.4 is 10.1 Å². The van der Waals surface area contributed by atoms with Gasteiger partial charge in [0.15, 0.2) is 11.6 Å². The Hall–Kier alpha value is -0.960. The molecule has 0 aliphatic carbocycles. The van der Waals surface area contributed by atoms with E-state index in [-0.39, 0.29) is 0 Å². The number of rotatable bonds is 9. The molecule has 0 fully saturated rings. The molecule has 0 aliphatic heterocycles. The van der Waals surface area contributed by atoms with Gasteiger partial charge in [0.25, 0.3) is 0 Å². The van der Waals surface area contributed by atoms with Gasteiger partial charge < -0.3 is 10.1 Å². The van der Waals surface area contributed by atoms with Crippen molar-refractivity contribution < 1.29 is 4.74 Å². The Kier molecular flexibility index (Phi) is 7.58. The summed E-state index contributed by atoms with van der Waals surface area (Å²) >= 11 is 5.78. The van der Waals surface area contributed by atoms with Crippen molar-refractivity contribution in [3.05, 3.63) is 18.3 Å². The number of alkyl halides is 1. The minimum atomic E-state index is 0.577. The van der Waals surface area contributed by atoms with Crippen molar-refractivity contribution in [1.82, 2.24) is 4.98 Å². The highest BCUT2D eigenvalue weighted by atomic mass is 35.5. The third kappa shape index (κ3) is 5.58. The molecule has 0 bridgehead atoms. The summed E-state index contributed by atoms with van der Waals surface area (Å²) in [6.07, 6.45) is 5.01. The molecule has 0 spiro atoms. The Bertz CT molecular complexity index is 333. The molecule has 1 aromatic heterocycles.